The zero-order valence-electron chi connectivity index (χ0n) is 69.4. The number of nitrogens with zero attached hydrogens (tertiary/aromatic N) is 5. The fourth-order valence-electron chi connectivity index (χ4n) is 19.0. The van der Waals surface area contributed by atoms with Gasteiger partial charge in [-0.2, -0.15) is 0 Å². The van der Waals surface area contributed by atoms with Gasteiger partial charge in [-0.1, -0.05) is 340 Å². The highest BCUT2D eigenvalue weighted by molar-refractivity contribution is 7.00. The maximum Gasteiger partial charge on any atom is 0.252 e. The highest BCUT2D eigenvalue weighted by Gasteiger charge is 2.47. The highest BCUT2D eigenvalue weighted by Crippen LogP contribution is 2.55. The average molecular weight is 1500 g/mol. The smallest absolute Gasteiger partial charge is 0.252 e. The van der Waals surface area contributed by atoms with Crippen LogP contribution in [0.3, 0.4) is 0 Å². The summed E-state index contributed by atoms with van der Waals surface area (Å²) in [5.74, 6) is 0. The Balaban J connectivity index is 0.943. The number of aromatic nitrogens is 3. The van der Waals surface area contributed by atoms with Gasteiger partial charge < -0.3 is 23.5 Å². The third kappa shape index (κ3) is 11.7. The summed E-state index contributed by atoms with van der Waals surface area (Å²) in [4.78, 5) is 5.49. The van der Waals surface area contributed by atoms with Crippen LogP contribution in [-0.4, -0.2) is 20.4 Å². The zero-order valence-corrected chi connectivity index (χ0v) is 69.4. The minimum atomic E-state index is -0.356. The van der Waals surface area contributed by atoms with Gasteiger partial charge in [0.2, 0.25) is 0 Å². The quantitative estimate of drug-likeness (QED) is 0.134. The largest absolute Gasteiger partial charge is 0.310 e. The maximum atomic E-state index is 2.75. The lowest BCUT2D eigenvalue weighted by Crippen LogP contribution is -2.61. The first kappa shape index (κ1) is 72.3. The van der Waals surface area contributed by atoms with Gasteiger partial charge in [0.1, 0.15) is 0 Å². The van der Waals surface area contributed by atoms with E-state index in [1.165, 1.54) is 98.6 Å². The summed E-state index contributed by atoms with van der Waals surface area (Å²) < 4.78 is 7.54. The van der Waals surface area contributed by atoms with E-state index in [4.69, 9.17) is 0 Å². The van der Waals surface area contributed by atoms with Crippen molar-refractivity contribution >= 4 is 123 Å². The number of hydrogen-bond donors (Lipinski definition) is 0. The van der Waals surface area contributed by atoms with Gasteiger partial charge >= 0.3 is 0 Å². The number of anilines is 6. The summed E-state index contributed by atoms with van der Waals surface area (Å²) >= 11 is 0. The van der Waals surface area contributed by atoms with Crippen molar-refractivity contribution in [1.82, 2.24) is 13.7 Å². The van der Waals surface area contributed by atoms with E-state index in [-0.39, 0.29) is 33.8 Å². The van der Waals surface area contributed by atoms with Crippen LogP contribution < -0.4 is 26.2 Å². The molecule has 0 aliphatic carbocycles. The minimum Gasteiger partial charge on any atom is -0.310 e. The molecule has 0 amide bonds. The Bertz CT molecular complexity index is 6790. The number of hydrogen-bond acceptors (Lipinski definition) is 2. The van der Waals surface area contributed by atoms with Crippen molar-refractivity contribution in [1.29, 1.82) is 0 Å². The molecule has 0 atom stereocenters. The van der Waals surface area contributed by atoms with Gasteiger partial charge in [-0.3, -0.25) is 0 Å². The summed E-state index contributed by atoms with van der Waals surface area (Å²) in [6.45, 7) is 34.8. The topological polar surface area (TPSA) is 21.3 Å². The molecule has 18 aromatic rings. The lowest BCUT2D eigenvalue weighted by atomic mass is 9.33. The molecule has 566 valence electrons. The summed E-state index contributed by atoms with van der Waals surface area (Å²) in [7, 11) is 0. The predicted molar refractivity (Wildman–Crippen MR) is 499 cm³/mol. The van der Waals surface area contributed by atoms with E-state index in [1.807, 2.05) is 0 Å². The van der Waals surface area contributed by atoms with Gasteiger partial charge in [0.15, 0.2) is 0 Å². The van der Waals surface area contributed by atoms with Gasteiger partial charge in [-0.05, 0) is 178 Å². The third-order valence-electron chi connectivity index (χ3n) is 25.2. The summed E-state index contributed by atoms with van der Waals surface area (Å²) in [5.41, 5.74) is 35.9. The normalized spacial score (nSPS) is 13.2. The molecule has 2 aliphatic rings. The summed E-state index contributed by atoms with van der Waals surface area (Å²) in [6, 6.07) is 124. The second-order valence-electron chi connectivity index (χ2n) is 37.8. The molecule has 0 fully saturated rings. The molecular formula is C110H98BN5. The minimum absolute atomic E-state index is 0.0522. The lowest BCUT2D eigenvalue weighted by Gasteiger charge is -2.46. The Kier molecular flexibility index (Phi) is 16.5. The molecule has 0 radical (unpaired) electrons. The Morgan fingerprint density at radius 1 is 0.207 bits per heavy atom. The van der Waals surface area contributed by atoms with Crippen LogP contribution in [0.4, 0.5) is 34.1 Å². The SMILES string of the molecule is CC(C)(C)c1ccc(-c2cccc(-c3ccc(C(C)(C)C)cc3)c2N2c3cc(-n4c5ccccc5c5ccccc54)ccc3B3c4ccc(-n5c6ccccc6c6cc7c(cc65)c5ccccc5n7-c5ccccc5)cc4N(c4c(-c5ccc(C(C)(C)C)cc5)cccc4-c4ccc(C(C)(C)C)cc4)c4cc(C(C)(C)C)cc2c43)cc1. The van der Waals surface area contributed by atoms with Crippen LogP contribution in [0, 0.1) is 0 Å². The molecule has 0 bridgehead atoms. The molecule has 6 heteroatoms. The van der Waals surface area contributed by atoms with E-state index in [0.717, 1.165) is 107 Å². The molecule has 2 aliphatic heterocycles. The van der Waals surface area contributed by atoms with Crippen LogP contribution in [0.2, 0.25) is 0 Å². The van der Waals surface area contributed by atoms with Gasteiger partial charge in [-0.15, -0.1) is 0 Å². The maximum absolute atomic E-state index is 2.75. The van der Waals surface area contributed by atoms with Crippen molar-refractivity contribution in [2.24, 2.45) is 0 Å². The highest BCUT2D eigenvalue weighted by atomic mass is 15.2. The van der Waals surface area contributed by atoms with Crippen molar-refractivity contribution in [3.8, 4) is 61.6 Å². The second kappa shape index (κ2) is 26.5. The van der Waals surface area contributed by atoms with E-state index in [1.54, 1.807) is 0 Å². The van der Waals surface area contributed by atoms with Crippen LogP contribution in [0.15, 0.2) is 322 Å². The molecule has 15 aromatic carbocycles. The molecule has 5 nitrogen and oxygen atoms in total. The number of benzene rings is 15. The van der Waals surface area contributed by atoms with Crippen LogP contribution >= 0.6 is 0 Å². The zero-order chi connectivity index (χ0) is 79.8. The fraction of sp³-hybridized carbons (Fsp3) is 0.182. The molecule has 0 N–H and O–H groups in total. The third-order valence-corrected chi connectivity index (χ3v) is 25.2. The van der Waals surface area contributed by atoms with Gasteiger partial charge in [0.05, 0.1) is 44.5 Å². The predicted octanol–water partition coefficient (Wildman–Crippen LogP) is 28.2. The summed E-state index contributed by atoms with van der Waals surface area (Å²) in [5, 5.41) is 7.29. The molecule has 20 rings (SSSR count). The lowest BCUT2D eigenvalue weighted by molar-refractivity contribution is 0.590. The number of para-hydroxylation sites is 7. The molecule has 0 saturated heterocycles. The first-order valence-corrected chi connectivity index (χ1v) is 41.5. The van der Waals surface area contributed by atoms with Crippen LogP contribution in [0.5, 0.6) is 0 Å². The van der Waals surface area contributed by atoms with Crippen molar-refractivity contribution in [2.45, 2.75) is 131 Å². The molecule has 0 unspecified atom stereocenters. The van der Waals surface area contributed by atoms with Crippen LogP contribution in [0.1, 0.15) is 132 Å². The van der Waals surface area contributed by atoms with Crippen molar-refractivity contribution < 1.29 is 0 Å². The van der Waals surface area contributed by atoms with E-state index in [9.17, 15) is 0 Å². The van der Waals surface area contributed by atoms with Crippen molar-refractivity contribution in [2.75, 3.05) is 9.80 Å². The average Bonchev–Trinajstić information content (AvgIpc) is 0.974. The summed E-state index contributed by atoms with van der Waals surface area (Å²) in [6.07, 6.45) is 0. The van der Waals surface area contributed by atoms with Crippen LogP contribution in [-0.2, 0) is 27.1 Å². The Hall–Kier alpha value is -12.6. The molecule has 5 heterocycles. The van der Waals surface area contributed by atoms with Gasteiger partial charge in [0.25, 0.3) is 6.71 Å². The van der Waals surface area contributed by atoms with E-state index < -0.39 is 0 Å². The Morgan fingerprint density at radius 3 is 0.810 bits per heavy atom. The van der Waals surface area contributed by atoms with E-state index in [2.05, 4.69) is 449 Å². The molecule has 116 heavy (non-hydrogen) atoms. The second-order valence-corrected chi connectivity index (χ2v) is 37.8. The van der Waals surface area contributed by atoms with Crippen LogP contribution in [0.25, 0.3) is 127 Å². The molecule has 0 spiro atoms. The number of fused-ring (bicyclic) bond motifs is 13. The van der Waals surface area contributed by atoms with Gasteiger partial charge in [-0.25, -0.2) is 0 Å². The van der Waals surface area contributed by atoms with E-state index in [0.29, 0.717) is 0 Å². The molecule has 3 aromatic heterocycles. The number of rotatable bonds is 9. The standard InChI is InChI=1S/C110H98BN5/c1-106(2,3)73-51-43-69(44-52-73)81-35-27-36-82(70-45-53-74(54-46-70)107(4,5)6)104(81)115-99-65-79(113-93-39-23-19-31-85(93)86-32-20-24-40-94(86)113)59-61-91(99)111-92-62-60-80(114-96-42-26-22-34-88(96)90-67-97-89(68-98(90)114)87-33-21-25-41-95(87)112(97)78-29-17-16-18-30-78)66-100(92)116(102-64-77(110(13,14)15)63-101(115)103(102)111)105-83(71-47-55-75(56-48-71)108(7,8)9)37-28-38-84(105)72-49-57-76(58-50-72)109(10,11)12/h16-68H,1-15H3. The monoisotopic (exact) mass is 1500 g/mol. The molecule has 0 saturated carbocycles. The first-order valence-electron chi connectivity index (χ1n) is 41.5. The Labute approximate surface area is 683 Å². The van der Waals surface area contributed by atoms with Crippen molar-refractivity contribution in [3.05, 3.63) is 349 Å². The molecular weight excluding hydrogens is 1400 g/mol. The van der Waals surface area contributed by atoms with Crippen molar-refractivity contribution in [3.63, 3.8) is 0 Å². The first-order chi connectivity index (χ1) is 55.7. The fourth-order valence-corrected chi connectivity index (χ4v) is 19.0. The Morgan fingerprint density at radius 2 is 0.491 bits per heavy atom. The van der Waals surface area contributed by atoms with E-state index >= 15 is 0 Å². The van der Waals surface area contributed by atoms with Gasteiger partial charge in [0, 0.05) is 94.4 Å².